The highest BCUT2D eigenvalue weighted by Crippen LogP contribution is 2.33. The third-order valence-corrected chi connectivity index (χ3v) is 3.07. The van der Waals surface area contributed by atoms with Gasteiger partial charge in [0.1, 0.15) is 0 Å². The summed E-state index contributed by atoms with van der Waals surface area (Å²) < 4.78 is 0. The van der Waals surface area contributed by atoms with Crippen molar-refractivity contribution in [2.75, 3.05) is 6.54 Å². The van der Waals surface area contributed by atoms with Crippen molar-refractivity contribution in [3.05, 3.63) is 0 Å². The monoisotopic (exact) mass is 241 g/mol. The molecule has 1 aliphatic rings. The highest BCUT2D eigenvalue weighted by atomic mass is 16.3. The van der Waals surface area contributed by atoms with Crippen molar-refractivity contribution >= 4 is 11.8 Å². The summed E-state index contributed by atoms with van der Waals surface area (Å²) in [7, 11) is 0. The van der Waals surface area contributed by atoms with Gasteiger partial charge in [-0.3, -0.25) is 14.5 Å². The van der Waals surface area contributed by atoms with Crippen LogP contribution in [0.25, 0.3) is 0 Å². The number of amides is 2. The number of aliphatic hydroxyl groups is 1. The van der Waals surface area contributed by atoms with Crippen molar-refractivity contribution in [2.45, 2.75) is 53.1 Å². The third kappa shape index (κ3) is 3.28. The first-order chi connectivity index (χ1) is 7.55. The molecule has 0 saturated carbocycles. The fourth-order valence-corrected chi connectivity index (χ4v) is 2.47. The van der Waals surface area contributed by atoms with Crippen LogP contribution in [0.4, 0.5) is 0 Å². The lowest BCUT2D eigenvalue weighted by Gasteiger charge is -2.30. The molecule has 1 rings (SSSR count). The van der Waals surface area contributed by atoms with E-state index < -0.39 is 11.0 Å². The number of hydrogen-bond acceptors (Lipinski definition) is 3. The molecule has 17 heavy (non-hydrogen) atoms. The molecule has 0 aliphatic carbocycles. The van der Waals surface area contributed by atoms with Crippen LogP contribution in [0.5, 0.6) is 0 Å². The van der Waals surface area contributed by atoms with E-state index in [-0.39, 0.29) is 24.8 Å². The van der Waals surface area contributed by atoms with Gasteiger partial charge >= 0.3 is 0 Å². The van der Waals surface area contributed by atoms with E-state index in [1.165, 1.54) is 4.90 Å². The fraction of sp³-hybridized carbons (Fsp3) is 0.846. The van der Waals surface area contributed by atoms with E-state index in [0.29, 0.717) is 12.3 Å². The highest BCUT2D eigenvalue weighted by molar-refractivity contribution is 6.05. The minimum atomic E-state index is -1.00. The number of rotatable bonds is 4. The Morgan fingerprint density at radius 2 is 1.94 bits per heavy atom. The normalized spacial score (nSPS) is 23.4. The van der Waals surface area contributed by atoms with Gasteiger partial charge in [0, 0.05) is 6.42 Å². The van der Waals surface area contributed by atoms with E-state index in [9.17, 15) is 14.7 Å². The van der Waals surface area contributed by atoms with Crippen molar-refractivity contribution in [1.82, 2.24) is 4.90 Å². The quantitative estimate of drug-likeness (QED) is 0.760. The van der Waals surface area contributed by atoms with Crippen molar-refractivity contribution in [3.8, 4) is 0 Å². The zero-order valence-electron chi connectivity index (χ0n) is 11.4. The van der Waals surface area contributed by atoms with E-state index in [1.54, 1.807) is 20.8 Å². The van der Waals surface area contributed by atoms with Crippen LogP contribution in [0, 0.1) is 11.3 Å². The molecule has 0 radical (unpaired) electrons. The molecular formula is C13H23NO3. The van der Waals surface area contributed by atoms with Gasteiger partial charge < -0.3 is 5.11 Å². The Hall–Kier alpha value is -0.900. The standard InChI is InChI=1S/C13H23NO3/c1-9(2)6-13(5,17)8-14-10(15)7-12(3,4)11(14)16/h9,17H,6-8H2,1-5H3. The maximum atomic E-state index is 12.0. The van der Waals surface area contributed by atoms with Crippen molar-refractivity contribution in [1.29, 1.82) is 0 Å². The van der Waals surface area contributed by atoms with Gasteiger partial charge in [0.05, 0.1) is 17.6 Å². The number of carbonyl (C=O) groups is 2. The van der Waals surface area contributed by atoms with Crippen LogP contribution in [0.3, 0.4) is 0 Å². The number of nitrogens with zero attached hydrogens (tertiary/aromatic N) is 1. The Kier molecular flexibility index (Phi) is 3.67. The Morgan fingerprint density at radius 3 is 2.29 bits per heavy atom. The summed E-state index contributed by atoms with van der Waals surface area (Å²) in [4.78, 5) is 25.0. The SMILES string of the molecule is CC(C)CC(C)(O)CN1C(=O)CC(C)(C)C1=O. The minimum absolute atomic E-state index is 0.103. The second-order valence-electron chi connectivity index (χ2n) is 6.44. The predicted molar refractivity (Wildman–Crippen MR) is 65.2 cm³/mol. The maximum Gasteiger partial charge on any atom is 0.235 e. The first-order valence-corrected chi connectivity index (χ1v) is 6.12. The molecule has 0 aromatic carbocycles. The smallest absolute Gasteiger partial charge is 0.235 e. The average molecular weight is 241 g/mol. The van der Waals surface area contributed by atoms with E-state index >= 15 is 0 Å². The number of carbonyl (C=O) groups excluding carboxylic acids is 2. The number of hydrogen-bond donors (Lipinski definition) is 1. The first kappa shape index (κ1) is 14.2. The van der Waals surface area contributed by atoms with Gasteiger partial charge in [-0.2, -0.15) is 0 Å². The van der Waals surface area contributed by atoms with Crippen LogP contribution >= 0.6 is 0 Å². The molecule has 1 atom stereocenters. The average Bonchev–Trinajstić information content (AvgIpc) is 2.25. The molecule has 0 bridgehead atoms. The summed E-state index contributed by atoms with van der Waals surface area (Å²) >= 11 is 0. The Morgan fingerprint density at radius 1 is 1.41 bits per heavy atom. The van der Waals surface area contributed by atoms with Crippen LogP contribution in [0.2, 0.25) is 0 Å². The first-order valence-electron chi connectivity index (χ1n) is 6.12. The fourth-order valence-electron chi connectivity index (χ4n) is 2.47. The molecule has 1 fully saturated rings. The summed E-state index contributed by atoms with van der Waals surface area (Å²) in [5.74, 6) is -0.0265. The Balaban J connectivity index is 2.76. The molecular weight excluding hydrogens is 218 g/mol. The van der Waals surface area contributed by atoms with Gasteiger partial charge in [0.15, 0.2) is 0 Å². The van der Waals surface area contributed by atoms with Gasteiger partial charge in [0.25, 0.3) is 0 Å². The van der Waals surface area contributed by atoms with E-state index in [1.807, 2.05) is 13.8 Å². The zero-order chi connectivity index (χ0) is 13.4. The van der Waals surface area contributed by atoms with Gasteiger partial charge in [-0.25, -0.2) is 0 Å². The topological polar surface area (TPSA) is 57.6 Å². The zero-order valence-corrected chi connectivity index (χ0v) is 11.4. The summed E-state index contributed by atoms with van der Waals surface area (Å²) in [6.45, 7) is 9.33. The number of β-amino-alcohol motifs (C(OH)–C–C–N with tert-alkyl or cyclic N) is 1. The van der Waals surface area contributed by atoms with Gasteiger partial charge in [-0.1, -0.05) is 27.7 Å². The molecule has 1 aliphatic heterocycles. The summed E-state index contributed by atoms with van der Waals surface area (Å²) in [6.07, 6.45) is 0.814. The lowest BCUT2D eigenvalue weighted by Crippen LogP contribution is -2.45. The van der Waals surface area contributed by atoms with Crippen molar-refractivity contribution < 1.29 is 14.7 Å². The van der Waals surface area contributed by atoms with Gasteiger partial charge in [-0.05, 0) is 19.3 Å². The second kappa shape index (κ2) is 4.41. The lowest BCUT2D eigenvalue weighted by molar-refractivity contribution is -0.145. The Bertz CT molecular complexity index is 332. The molecule has 0 aromatic heterocycles. The van der Waals surface area contributed by atoms with E-state index in [4.69, 9.17) is 0 Å². The van der Waals surface area contributed by atoms with Crippen LogP contribution < -0.4 is 0 Å². The van der Waals surface area contributed by atoms with Gasteiger partial charge in [0.2, 0.25) is 11.8 Å². The largest absolute Gasteiger partial charge is 0.388 e. The molecule has 1 N–H and O–H groups in total. The summed E-state index contributed by atoms with van der Waals surface area (Å²) in [5.41, 5.74) is -1.62. The number of imide groups is 1. The molecule has 2 amide bonds. The van der Waals surface area contributed by atoms with Crippen molar-refractivity contribution in [3.63, 3.8) is 0 Å². The van der Waals surface area contributed by atoms with E-state index in [0.717, 1.165) is 0 Å². The molecule has 0 aromatic rings. The lowest BCUT2D eigenvalue weighted by atomic mass is 9.91. The van der Waals surface area contributed by atoms with Crippen LogP contribution in [-0.4, -0.2) is 34.0 Å². The molecule has 1 heterocycles. The minimum Gasteiger partial charge on any atom is -0.388 e. The van der Waals surface area contributed by atoms with Crippen LogP contribution in [0.1, 0.15) is 47.5 Å². The molecule has 4 heteroatoms. The summed E-state index contributed by atoms with van der Waals surface area (Å²) in [6, 6.07) is 0. The summed E-state index contributed by atoms with van der Waals surface area (Å²) in [5, 5.41) is 10.2. The predicted octanol–water partition coefficient (Wildman–Crippen LogP) is 1.57. The van der Waals surface area contributed by atoms with Crippen molar-refractivity contribution in [2.24, 2.45) is 11.3 Å². The maximum absolute atomic E-state index is 12.0. The van der Waals surface area contributed by atoms with Gasteiger partial charge in [-0.15, -0.1) is 0 Å². The number of likely N-dealkylation sites (tertiary alicyclic amines) is 1. The highest BCUT2D eigenvalue weighted by Gasteiger charge is 2.46. The second-order valence-corrected chi connectivity index (χ2v) is 6.44. The molecule has 1 unspecified atom stereocenters. The van der Waals surface area contributed by atoms with Crippen LogP contribution in [-0.2, 0) is 9.59 Å². The van der Waals surface area contributed by atoms with Crippen LogP contribution in [0.15, 0.2) is 0 Å². The van der Waals surface area contributed by atoms with E-state index in [2.05, 4.69) is 0 Å². The third-order valence-electron chi connectivity index (χ3n) is 3.07. The molecule has 4 nitrogen and oxygen atoms in total. The molecule has 0 spiro atoms. The molecule has 98 valence electrons. The molecule has 1 saturated heterocycles. The Labute approximate surface area is 103 Å².